The zero-order valence-electron chi connectivity index (χ0n) is 16.1. The van der Waals surface area contributed by atoms with Gasteiger partial charge in [-0.05, 0) is 55.0 Å². The number of nitrogens with one attached hydrogen (secondary N) is 1. The van der Waals surface area contributed by atoms with Crippen LogP contribution in [0.1, 0.15) is 21.5 Å². The van der Waals surface area contributed by atoms with Crippen LogP contribution >= 0.6 is 0 Å². The molecule has 3 aromatic carbocycles. The first kappa shape index (κ1) is 20.5. The summed E-state index contributed by atoms with van der Waals surface area (Å²) in [5.41, 5.74) is 2.52. The fourth-order valence-corrected chi connectivity index (χ4v) is 3.98. The highest BCUT2D eigenvalue weighted by atomic mass is 32.2. The number of benzene rings is 3. The number of hydrogen-bond donors (Lipinski definition) is 1. The van der Waals surface area contributed by atoms with Gasteiger partial charge in [-0.2, -0.15) is 0 Å². The number of halogens is 1. The van der Waals surface area contributed by atoms with Gasteiger partial charge in [0.15, 0.2) is 0 Å². The van der Waals surface area contributed by atoms with E-state index in [0.29, 0.717) is 5.69 Å². The number of anilines is 1. The number of sulfonamides is 1. The molecular weight excluding hydrogens is 391 g/mol. The first-order chi connectivity index (χ1) is 13.8. The van der Waals surface area contributed by atoms with Gasteiger partial charge in [0.05, 0.1) is 10.6 Å². The first-order valence-electron chi connectivity index (χ1n) is 8.96. The third-order valence-corrected chi connectivity index (χ3v) is 6.30. The quantitative estimate of drug-likeness (QED) is 0.668. The van der Waals surface area contributed by atoms with Crippen LogP contribution in [0.25, 0.3) is 0 Å². The highest BCUT2D eigenvalue weighted by Gasteiger charge is 2.22. The van der Waals surface area contributed by atoms with Gasteiger partial charge in [0.2, 0.25) is 0 Å². The predicted octanol–water partition coefficient (Wildman–Crippen LogP) is 3.89. The normalized spacial score (nSPS) is 11.1. The summed E-state index contributed by atoms with van der Waals surface area (Å²) < 4.78 is 40.1. The van der Waals surface area contributed by atoms with Crippen LogP contribution in [0.15, 0.2) is 77.7 Å². The molecule has 29 heavy (non-hydrogen) atoms. The molecular formula is C22H21FN2O3S. The Bertz CT molecular complexity index is 1110. The molecule has 0 aromatic heterocycles. The number of hydrogen-bond acceptors (Lipinski definition) is 3. The van der Waals surface area contributed by atoms with E-state index >= 15 is 0 Å². The van der Waals surface area contributed by atoms with Crippen LogP contribution < -0.4 is 9.62 Å². The molecule has 0 saturated carbocycles. The van der Waals surface area contributed by atoms with E-state index in [2.05, 4.69) is 5.32 Å². The Kier molecular flexibility index (Phi) is 5.98. The van der Waals surface area contributed by atoms with Crippen molar-refractivity contribution in [3.8, 4) is 0 Å². The Hall–Kier alpha value is -3.19. The highest BCUT2D eigenvalue weighted by molar-refractivity contribution is 7.92. The zero-order valence-corrected chi connectivity index (χ0v) is 16.9. The standard InChI is InChI=1S/C22H21FN2O3S/c1-16-6-12-20(13-7-16)25(2)29(27,28)21-5-3-4-18(14-21)22(26)24-15-17-8-10-19(23)11-9-17/h3-14H,15H2,1-2H3,(H,24,26). The Balaban J connectivity index is 1.77. The monoisotopic (exact) mass is 412 g/mol. The minimum atomic E-state index is -3.82. The van der Waals surface area contributed by atoms with Crippen LogP contribution in [0.2, 0.25) is 0 Å². The van der Waals surface area contributed by atoms with Gasteiger partial charge in [-0.3, -0.25) is 9.10 Å². The molecule has 7 heteroatoms. The summed E-state index contributed by atoms with van der Waals surface area (Å²) in [5.74, 6) is -0.764. The Morgan fingerprint density at radius 2 is 1.66 bits per heavy atom. The van der Waals surface area contributed by atoms with E-state index in [4.69, 9.17) is 0 Å². The maximum absolute atomic E-state index is 13.0. The average Bonchev–Trinajstić information content (AvgIpc) is 2.73. The first-order valence-corrected chi connectivity index (χ1v) is 10.4. The summed E-state index contributed by atoms with van der Waals surface area (Å²) in [6.07, 6.45) is 0. The molecule has 0 bridgehead atoms. The van der Waals surface area contributed by atoms with Crippen molar-refractivity contribution in [3.05, 3.63) is 95.3 Å². The lowest BCUT2D eigenvalue weighted by Gasteiger charge is -2.20. The molecule has 0 unspecified atom stereocenters. The average molecular weight is 412 g/mol. The van der Waals surface area contributed by atoms with Crippen molar-refractivity contribution in [2.24, 2.45) is 0 Å². The highest BCUT2D eigenvalue weighted by Crippen LogP contribution is 2.23. The fraction of sp³-hybridized carbons (Fsp3) is 0.136. The molecule has 0 aliphatic heterocycles. The lowest BCUT2D eigenvalue weighted by molar-refractivity contribution is 0.0950. The summed E-state index contributed by atoms with van der Waals surface area (Å²) in [6, 6.07) is 18.8. The number of carbonyl (C=O) groups is 1. The number of rotatable bonds is 6. The summed E-state index contributed by atoms with van der Waals surface area (Å²) in [6.45, 7) is 2.13. The van der Waals surface area contributed by atoms with Crippen LogP contribution in [0.5, 0.6) is 0 Å². The fourth-order valence-electron chi connectivity index (χ4n) is 2.74. The lowest BCUT2D eigenvalue weighted by atomic mass is 10.2. The molecule has 0 aliphatic rings. The molecule has 3 aromatic rings. The molecule has 150 valence electrons. The summed E-state index contributed by atoms with van der Waals surface area (Å²) >= 11 is 0. The molecule has 1 amide bonds. The predicted molar refractivity (Wildman–Crippen MR) is 111 cm³/mol. The molecule has 0 fully saturated rings. The molecule has 5 nitrogen and oxygen atoms in total. The Morgan fingerprint density at radius 1 is 1.00 bits per heavy atom. The van der Waals surface area contributed by atoms with Gasteiger partial charge in [-0.25, -0.2) is 12.8 Å². The van der Waals surface area contributed by atoms with Crippen molar-refractivity contribution in [2.75, 3.05) is 11.4 Å². The van der Waals surface area contributed by atoms with E-state index in [1.807, 2.05) is 19.1 Å². The molecule has 0 heterocycles. The second-order valence-corrected chi connectivity index (χ2v) is 8.61. The minimum Gasteiger partial charge on any atom is -0.348 e. The number of aryl methyl sites for hydroxylation is 1. The third-order valence-electron chi connectivity index (χ3n) is 4.52. The molecule has 3 rings (SSSR count). The van der Waals surface area contributed by atoms with E-state index in [1.165, 1.54) is 41.7 Å². The van der Waals surface area contributed by atoms with Crippen LogP contribution in [0.3, 0.4) is 0 Å². The van der Waals surface area contributed by atoms with Crippen molar-refractivity contribution in [3.63, 3.8) is 0 Å². The lowest BCUT2D eigenvalue weighted by Crippen LogP contribution is -2.27. The van der Waals surface area contributed by atoms with Crippen molar-refractivity contribution in [2.45, 2.75) is 18.4 Å². The van der Waals surface area contributed by atoms with E-state index in [0.717, 1.165) is 11.1 Å². The van der Waals surface area contributed by atoms with E-state index in [9.17, 15) is 17.6 Å². The second-order valence-electron chi connectivity index (χ2n) is 6.65. The Labute approximate surface area is 169 Å². The summed E-state index contributed by atoms with van der Waals surface area (Å²) in [5, 5.41) is 2.71. The number of amides is 1. The molecule has 1 N–H and O–H groups in total. The van der Waals surface area contributed by atoms with E-state index < -0.39 is 15.9 Å². The van der Waals surface area contributed by atoms with Crippen molar-refractivity contribution in [1.29, 1.82) is 0 Å². The Morgan fingerprint density at radius 3 is 2.31 bits per heavy atom. The van der Waals surface area contributed by atoms with Gasteiger partial charge < -0.3 is 5.32 Å². The molecule has 0 radical (unpaired) electrons. The summed E-state index contributed by atoms with van der Waals surface area (Å²) in [4.78, 5) is 12.5. The SMILES string of the molecule is Cc1ccc(N(C)S(=O)(=O)c2cccc(C(=O)NCc3ccc(F)cc3)c2)cc1. The van der Waals surface area contributed by atoms with Crippen LogP contribution in [0.4, 0.5) is 10.1 Å². The van der Waals surface area contributed by atoms with Crippen LogP contribution in [-0.4, -0.2) is 21.4 Å². The zero-order chi connectivity index (χ0) is 21.0. The van der Waals surface area contributed by atoms with Gasteiger partial charge >= 0.3 is 0 Å². The molecule has 0 spiro atoms. The van der Waals surface area contributed by atoms with Gasteiger partial charge in [0.25, 0.3) is 15.9 Å². The maximum atomic E-state index is 13.0. The minimum absolute atomic E-state index is 0.0232. The van der Waals surface area contributed by atoms with Gasteiger partial charge in [0.1, 0.15) is 5.82 Å². The van der Waals surface area contributed by atoms with Crippen molar-refractivity contribution >= 4 is 21.6 Å². The number of carbonyl (C=O) groups excluding carboxylic acids is 1. The van der Waals surface area contributed by atoms with Gasteiger partial charge in [-0.15, -0.1) is 0 Å². The molecule has 0 aliphatic carbocycles. The summed E-state index contributed by atoms with van der Waals surface area (Å²) in [7, 11) is -2.35. The molecule has 0 saturated heterocycles. The topological polar surface area (TPSA) is 66.5 Å². The number of nitrogens with zero attached hydrogens (tertiary/aromatic N) is 1. The third kappa shape index (κ3) is 4.81. The van der Waals surface area contributed by atoms with E-state index in [1.54, 1.807) is 30.3 Å². The second kappa shape index (κ2) is 8.45. The smallest absolute Gasteiger partial charge is 0.264 e. The van der Waals surface area contributed by atoms with Gasteiger partial charge in [0, 0.05) is 19.2 Å². The van der Waals surface area contributed by atoms with Crippen LogP contribution in [-0.2, 0) is 16.6 Å². The maximum Gasteiger partial charge on any atom is 0.264 e. The molecule has 0 atom stereocenters. The largest absolute Gasteiger partial charge is 0.348 e. The van der Waals surface area contributed by atoms with E-state index in [-0.39, 0.29) is 22.8 Å². The van der Waals surface area contributed by atoms with Gasteiger partial charge in [-0.1, -0.05) is 35.9 Å². The van der Waals surface area contributed by atoms with Crippen molar-refractivity contribution in [1.82, 2.24) is 5.32 Å². The van der Waals surface area contributed by atoms with Crippen molar-refractivity contribution < 1.29 is 17.6 Å². The van der Waals surface area contributed by atoms with Crippen LogP contribution in [0, 0.1) is 12.7 Å².